The first kappa shape index (κ1) is 22.1. The molecule has 3 N–H and O–H groups in total. The van der Waals surface area contributed by atoms with Gasteiger partial charge in [-0.05, 0) is 49.9 Å². The van der Waals surface area contributed by atoms with Crippen molar-refractivity contribution in [3.05, 3.63) is 59.8 Å². The highest BCUT2D eigenvalue weighted by Crippen LogP contribution is 2.20. The zero-order valence-corrected chi connectivity index (χ0v) is 18.3. The number of rotatable bonds is 7. The highest BCUT2D eigenvalue weighted by molar-refractivity contribution is 5.79. The van der Waals surface area contributed by atoms with E-state index >= 15 is 0 Å². The summed E-state index contributed by atoms with van der Waals surface area (Å²) in [5.41, 5.74) is 1.04. The number of aliphatic imine (C=N–C) groups is 1. The van der Waals surface area contributed by atoms with Crippen molar-refractivity contribution < 1.29 is 5.11 Å². The van der Waals surface area contributed by atoms with E-state index < -0.39 is 5.60 Å². The molecule has 0 spiro atoms. The fourth-order valence-electron chi connectivity index (χ4n) is 3.70. The van der Waals surface area contributed by atoms with Crippen molar-refractivity contribution in [3.63, 3.8) is 0 Å². The molecule has 0 bridgehead atoms. The first-order valence-electron chi connectivity index (χ1n) is 11.1. The highest BCUT2D eigenvalue weighted by atomic mass is 16.3. The van der Waals surface area contributed by atoms with Crippen LogP contribution in [-0.2, 0) is 12.1 Å². The van der Waals surface area contributed by atoms with Gasteiger partial charge in [0.25, 0.3) is 0 Å². The Morgan fingerprint density at radius 3 is 2.53 bits per heavy atom. The molecule has 1 saturated heterocycles. The molecule has 2 aromatic rings. The van der Waals surface area contributed by atoms with Crippen LogP contribution < -0.4 is 15.5 Å². The molecule has 1 aliphatic heterocycles. The molecule has 6 nitrogen and oxygen atoms in total. The number of nitrogens with one attached hydrogen (secondary N) is 2. The Balaban J connectivity index is 1.63. The fourth-order valence-corrected chi connectivity index (χ4v) is 3.70. The molecule has 1 aromatic carbocycles. The number of aliphatic hydroxyl groups is 1. The maximum absolute atomic E-state index is 10.8. The minimum absolute atomic E-state index is 0.373. The molecular weight excluding hydrogens is 374 g/mol. The number of pyridine rings is 1. The maximum Gasteiger partial charge on any atom is 0.191 e. The molecule has 0 radical (unpaired) electrons. The van der Waals surface area contributed by atoms with Crippen molar-refractivity contribution in [3.8, 4) is 0 Å². The molecule has 6 heteroatoms. The van der Waals surface area contributed by atoms with Crippen molar-refractivity contribution in [1.29, 1.82) is 0 Å². The van der Waals surface area contributed by atoms with E-state index in [1.807, 2.05) is 56.4 Å². The standard InChI is InChI=1S/C24H35N5O/c1-3-25-23(28-19-24(2,30)21-11-7-6-8-12-21)27-18-20-13-14-26-22(17-20)29-15-9-4-5-10-16-29/h6-8,11-14,17,30H,3-5,9-10,15-16,18-19H2,1-2H3,(H2,25,27,28). The SMILES string of the molecule is CCNC(=NCc1ccnc(N2CCCCCC2)c1)NCC(C)(O)c1ccccc1. The van der Waals surface area contributed by atoms with Crippen LogP contribution in [0.1, 0.15) is 50.7 Å². The molecule has 1 aromatic heterocycles. The summed E-state index contributed by atoms with van der Waals surface area (Å²) in [7, 11) is 0. The van der Waals surface area contributed by atoms with E-state index in [2.05, 4.69) is 26.6 Å². The van der Waals surface area contributed by atoms with Gasteiger partial charge in [-0.1, -0.05) is 43.2 Å². The number of guanidine groups is 1. The number of benzene rings is 1. The second kappa shape index (κ2) is 11.0. The summed E-state index contributed by atoms with van der Waals surface area (Å²) in [6.07, 6.45) is 6.97. The molecule has 30 heavy (non-hydrogen) atoms. The summed E-state index contributed by atoms with van der Waals surface area (Å²) in [4.78, 5) is 11.7. The van der Waals surface area contributed by atoms with Crippen LogP contribution in [0.5, 0.6) is 0 Å². The molecule has 1 unspecified atom stereocenters. The smallest absolute Gasteiger partial charge is 0.191 e. The predicted octanol–water partition coefficient (Wildman–Crippen LogP) is 3.42. The van der Waals surface area contributed by atoms with Gasteiger partial charge in [-0.3, -0.25) is 0 Å². The van der Waals surface area contributed by atoms with Gasteiger partial charge in [-0.15, -0.1) is 0 Å². The average molecular weight is 410 g/mol. The largest absolute Gasteiger partial charge is 0.384 e. The summed E-state index contributed by atoms with van der Waals surface area (Å²) in [6, 6.07) is 13.9. The van der Waals surface area contributed by atoms with Crippen LogP contribution in [0.15, 0.2) is 53.7 Å². The van der Waals surface area contributed by atoms with Crippen molar-refractivity contribution in [2.45, 2.75) is 51.7 Å². The van der Waals surface area contributed by atoms with Crippen LogP contribution in [0.2, 0.25) is 0 Å². The Morgan fingerprint density at radius 2 is 1.83 bits per heavy atom. The molecule has 162 valence electrons. The summed E-state index contributed by atoms with van der Waals surface area (Å²) in [5, 5.41) is 17.4. The van der Waals surface area contributed by atoms with Gasteiger partial charge in [0.15, 0.2) is 5.96 Å². The molecule has 3 rings (SSSR count). The topological polar surface area (TPSA) is 72.8 Å². The molecule has 0 saturated carbocycles. The average Bonchev–Trinajstić information content (AvgIpc) is 3.06. The van der Waals surface area contributed by atoms with E-state index in [-0.39, 0.29) is 0 Å². The minimum atomic E-state index is -0.978. The van der Waals surface area contributed by atoms with E-state index in [9.17, 15) is 5.11 Å². The first-order valence-corrected chi connectivity index (χ1v) is 11.1. The van der Waals surface area contributed by atoms with Gasteiger partial charge in [0.05, 0.1) is 13.1 Å². The van der Waals surface area contributed by atoms with Crippen LogP contribution in [0.4, 0.5) is 5.82 Å². The van der Waals surface area contributed by atoms with Crippen molar-refractivity contribution in [2.75, 3.05) is 31.1 Å². The van der Waals surface area contributed by atoms with Crippen LogP contribution in [0, 0.1) is 0 Å². The van der Waals surface area contributed by atoms with Gasteiger partial charge >= 0.3 is 0 Å². The zero-order chi connectivity index (χ0) is 21.2. The van der Waals surface area contributed by atoms with E-state index in [1.54, 1.807) is 0 Å². The second-order valence-corrected chi connectivity index (χ2v) is 8.11. The molecule has 0 aliphatic carbocycles. The van der Waals surface area contributed by atoms with Crippen LogP contribution >= 0.6 is 0 Å². The molecule has 2 heterocycles. The lowest BCUT2D eigenvalue weighted by Crippen LogP contribution is -2.44. The first-order chi connectivity index (χ1) is 14.6. The Labute approximate surface area is 180 Å². The van der Waals surface area contributed by atoms with E-state index in [4.69, 9.17) is 4.99 Å². The van der Waals surface area contributed by atoms with E-state index in [0.717, 1.165) is 36.6 Å². The molecule has 0 amide bonds. The van der Waals surface area contributed by atoms with Crippen LogP contribution in [0.25, 0.3) is 0 Å². The third kappa shape index (κ3) is 6.46. The van der Waals surface area contributed by atoms with Crippen molar-refractivity contribution in [1.82, 2.24) is 15.6 Å². The van der Waals surface area contributed by atoms with E-state index in [0.29, 0.717) is 19.0 Å². The minimum Gasteiger partial charge on any atom is -0.384 e. The second-order valence-electron chi connectivity index (χ2n) is 8.11. The normalized spacial score (nSPS) is 17.2. The molecular formula is C24H35N5O. The summed E-state index contributed by atoms with van der Waals surface area (Å²) >= 11 is 0. The van der Waals surface area contributed by atoms with Gasteiger partial charge in [0, 0.05) is 25.8 Å². The lowest BCUT2D eigenvalue weighted by Gasteiger charge is -2.25. The molecule has 1 atom stereocenters. The third-order valence-corrected chi connectivity index (χ3v) is 5.50. The number of nitrogens with zero attached hydrogens (tertiary/aromatic N) is 3. The van der Waals surface area contributed by atoms with Crippen LogP contribution in [-0.4, -0.2) is 42.2 Å². The fraction of sp³-hybridized carbons (Fsp3) is 0.500. The lowest BCUT2D eigenvalue weighted by molar-refractivity contribution is 0.0617. The number of hydrogen-bond donors (Lipinski definition) is 3. The number of aromatic nitrogens is 1. The van der Waals surface area contributed by atoms with Crippen LogP contribution in [0.3, 0.4) is 0 Å². The Bertz CT molecular complexity index is 798. The number of hydrogen-bond acceptors (Lipinski definition) is 4. The van der Waals surface area contributed by atoms with Gasteiger partial charge < -0.3 is 20.6 Å². The zero-order valence-electron chi connectivity index (χ0n) is 18.3. The van der Waals surface area contributed by atoms with Gasteiger partial charge in [-0.25, -0.2) is 9.98 Å². The third-order valence-electron chi connectivity index (χ3n) is 5.50. The Hall–Kier alpha value is -2.60. The summed E-state index contributed by atoms with van der Waals surface area (Å²) in [6.45, 7) is 7.71. The maximum atomic E-state index is 10.8. The van der Waals surface area contributed by atoms with Gasteiger partial charge in [0.1, 0.15) is 11.4 Å². The molecule has 1 aliphatic rings. The van der Waals surface area contributed by atoms with Gasteiger partial charge in [0.2, 0.25) is 0 Å². The summed E-state index contributed by atoms with van der Waals surface area (Å²) in [5.74, 6) is 1.75. The Morgan fingerprint density at radius 1 is 1.10 bits per heavy atom. The van der Waals surface area contributed by atoms with Crippen molar-refractivity contribution >= 4 is 11.8 Å². The van der Waals surface area contributed by atoms with Crippen molar-refractivity contribution in [2.24, 2.45) is 4.99 Å². The summed E-state index contributed by atoms with van der Waals surface area (Å²) < 4.78 is 0. The Kier molecular flexibility index (Phi) is 8.08. The van der Waals surface area contributed by atoms with Gasteiger partial charge in [-0.2, -0.15) is 0 Å². The molecule has 1 fully saturated rings. The number of anilines is 1. The quantitative estimate of drug-likeness (QED) is 0.483. The van der Waals surface area contributed by atoms with E-state index in [1.165, 1.54) is 25.7 Å². The monoisotopic (exact) mass is 409 g/mol. The lowest BCUT2D eigenvalue weighted by atomic mass is 9.96. The predicted molar refractivity (Wildman–Crippen MR) is 124 cm³/mol. The highest BCUT2D eigenvalue weighted by Gasteiger charge is 2.23.